The van der Waals surface area contributed by atoms with E-state index in [1.165, 1.54) is 19.3 Å². The summed E-state index contributed by atoms with van der Waals surface area (Å²) in [6.07, 6.45) is 8.09. The third-order valence-corrected chi connectivity index (χ3v) is 6.51. The zero-order valence-corrected chi connectivity index (χ0v) is 19.2. The topological polar surface area (TPSA) is 60.7 Å². The van der Waals surface area contributed by atoms with Crippen LogP contribution in [0.3, 0.4) is 0 Å². The number of fused-ring (bicyclic) bond motifs is 1. The number of methoxy groups -OCH3 is 2. The number of benzene rings is 2. The fourth-order valence-electron chi connectivity index (χ4n) is 4.56. The van der Waals surface area contributed by atoms with Crippen molar-refractivity contribution in [2.45, 2.75) is 45.6 Å². The molecule has 1 aromatic heterocycles. The van der Waals surface area contributed by atoms with E-state index in [1.54, 1.807) is 26.6 Å². The van der Waals surface area contributed by atoms with Gasteiger partial charge in [-0.15, -0.1) is 0 Å². The molecule has 0 saturated heterocycles. The van der Waals surface area contributed by atoms with E-state index < -0.39 is 0 Å². The predicted molar refractivity (Wildman–Crippen MR) is 128 cm³/mol. The lowest BCUT2D eigenvalue weighted by Gasteiger charge is -2.29. The molecule has 1 saturated carbocycles. The SMILES string of the molecule is COc1ccc(-c2coc3cc(OC)c(/C(C)=C/C(=O)NC4CCCCC4C)cc23)cc1. The number of furan rings is 1. The minimum Gasteiger partial charge on any atom is -0.497 e. The Bertz CT molecular complexity index is 1130. The number of carbonyl (C=O) groups is 1. The summed E-state index contributed by atoms with van der Waals surface area (Å²) in [5.41, 5.74) is 4.49. The van der Waals surface area contributed by atoms with E-state index in [2.05, 4.69) is 12.2 Å². The molecule has 0 aliphatic heterocycles. The second-order valence-electron chi connectivity index (χ2n) is 8.63. The summed E-state index contributed by atoms with van der Waals surface area (Å²) in [5.74, 6) is 1.96. The lowest BCUT2D eigenvalue weighted by atomic mass is 9.86. The Labute approximate surface area is 189 Å². The molecule has 0 spiro atoms. The van der Waals surface area contributed by atoms with Gasteiger partial charge in [-0.3, -0.25) is 4.79 Å². The van der Waals surface area contributed by atoms with Crippen molar-refractivity contribution in [3.63, 3.8) is 0 Å². The largest absolute Gasteiger partial charge is 0.497 e. The van der Waals surface area contributed by atoms with Gasteiger partial charge in [0.05, 0.1) is 20.5 Å². The number of allylic oxidation sites excluding steroid dienone is 1. The van der Waals surface area contributed by atoms with Gasteiger partial charge in [0.25, 0.3) is 0 Å². The normalized spacial score (nSPS) is 19.1. The van der Waals surface area contributed by atoms with Crippen LogP contribution in [0.4, 0.5) is 0 Å². The van der Waals surface area contributed by atoms with Gasteiger partial charge in [0, 0.05) is 34.7 Å². The van der Waals surface area contributed by atoms with Gasteiger partial charge in [-0.05, 0) is 55.0 Å². The number of ether oxygens (including phenoxy) is 2. The molecular weight excluding hydrogens is 402 g/mol. The third kappa shape index (κ3) is 4.52. The average Bonchev–Trinajstić information content (AvgIpc) is 3.22. The van der Waals surface area contributed by atoms with Crippen molar-refractivity contribution >= 4 is 22.4 Å². The molecule has 1 aliphatic carbocycles. The van der Waals surface area contributed by atoms with Crippen molar-refractivity contribution in [2.24, 2.45) is 5.92 Å². The zero-order valence-electron chi connectivity index (χ0n) is 19.2. The smallest absolute Gasteiger partial charge is 0.244 e. The number of hydrogen-bond acceptors (Lipinski definition) is 4. The molecule has 2 aromatic carbocycles. The lowest BCUT2D eigenvalue weighted by molar-refractivity contribution is -0.117. The Balaban J connectivity index is 1.65. The molecular formula is C27H31NO4. The van der Waals surface area contributed by atoms with Crippen molar-refractivity contribution in [2.75, 3.05) is 14.2 Å². The van der Waals surface area contributed by atoms with Crippen LogP contribution in [0.25, 0.3) is 27.7 Å². The van der Waals surface area contributed by atoms with E-state index in [9.17, 15) is 4.79 Å². The van der Waals surface area contributed by atoms with Gasteiger partial charge in [0.15, 0.2) is 0 Å². The van der Waals surface area contributed by atoms with Crippen LogP contribution in [-0.2, 0) is 4.79 Å². The summed E-state index contributed by atoms with van der Waals surface area (Å²) < 4.78 is 16.7. The van der Waals surface area contributed by atoms with Crippen LogP contribution in [0.2, 0.25) is 0 Å². The minimum atomic E-state index is -0.0500. The van der Waals surface area contributed by atoms with Gasteiger partial charge in [0.1, 0.15) is 17.1 Å². The zero-order chi connectivity index (χ0) is 22.7. The van der Waals surface area contributed by atoms with Crippen LogP contribution in [0.5, 0.6) is 11.5 Å². The molecule has 32 heavy (non-hydrogen) atoms. The first kappa shape index (κ1) is 22.0. The van der Waals surface area contributed by atoms with E-state index >= 15 is 0 Å². The van der Waals surface area contributed by atoms with Crippen LogP contribution < -0.4 is 14.8 Å². The Morgan fingerprint density at radius 2 is 1.84 bits per heavy atom. The Hall–Kier alpha value is -3.21. The molecule has 1 aliphatic rings. The molecule has 3 aromatic rings. The highest BCUT2D eigenvalue weighted by molar-refractivity contribution is 6.00. The first-order chi connectivity index (χ1) is 15.5. The van der Waals surface area contributed by atoms with E-state index in [1.807, 2.05) is 43.3 Å². The maximum Gasteiger partial charge on any atom is 0.244 e. The molecule has 168 valence electrons. The summed E-state index contributed by atoms with van der Waals surface area (Å²) >= 11 is 0. The van der Waals surface area contributed by atoms with E-state index in [4.69, 9.17) is 13.9 Å². The van der Waals surface area contributed by atoms with Crippen LogP contribution in [0.1, 0.15) is 45.1 Å². The van der Waals surface area contributed by atoms with Gasteiger partial charge >= 0.3 is 0 Å². The van der Waals surface area contributed by atoms with Crippen molar-refractivity contribution in [1.29, 1.82) is 0 Å². The van der Waals surface area contributed by atoms with Crippen molar-refractivity contribution in [3.05, 3.63) is 54.3 Å². The summed E-state index contributed by atoms with van der Waals surface area (Å²) in [6.45, 7) is 4.16. The number of carbonyl (C=O) groups excluding carboxylic acids is 1. The van der Waals surface area contributed by atoms with Gasteiger partial charge < -0.3 is 19.2 Å². The third-order valence-electron chi connectivity index (χ3n) is 6.51. The van der Waals surface area contributed by atoms with Gasteiger partial charge in [-0.25, -0.2) is 0 Å². The second-order valence-corrected chi connectivity index (χ2v) is 8.63. The molecule has 0 radical (unpaired) electrons. The second kappa shape index (κ2) is 9.51. The summed E-state index contributed by atoms with van der Waals surface area (Å²) in [5, 5.41) is 4.17. The molecule has 2 unspecified atom stereocenters. The quantitative estimate of drug-likeness (QED) is 0.469. The Morgan fingerprint density at radius 1 is 1.09 bits per heavy atom. The van der Waals surface area contributed by atoms with Crippen LogP contribution >= 0.6 is 0 Å². The lowest BCUT2D eigenvalue weighted by Crippen LogP contribution is -2.40. The standard InChI is InChI=1S/C27H31NO4/c1-17-7-5-6-8-24(17)28-27(29)13-18(2)21-14-22-23(16-32-26(22)15-25(21)31-4)19-9-11-20(30-3)12-10-19/h9-17,24H,5-8H2,1-4H3,(H,28,29)/b18-13+. The van der Waals surface area contributed by atoms with Crippen LogP contribution in [-0.4, -0.2) is 26.2 Å². The van der Waals surface area contributed by atoms with Crippen molar-refractivity contribution < 1.29 is 18.7 Å². The van der Waals surface area contributed by atoms with Crippen LogP contribution in [0, 0.1) is 5.92 Å². The van der Waals surface area contributed by atoms with Crippen LogP contribution in [0.15, 0.2) is 53.2 Å². The highest BCUT2D eigenvalue weighted by Gasteiger charge is 2.22. The van der Waals surface area contributed by atoms with Gasteiger partial charge in [-0.2, -0.15) is 0 Å². The molecule has 1 fully saturated rings. The Kier molecular flexibility index (Phi) is 6.54. The highest BCUT2D eigenvalue weighted by atomic mass is 16.5. The minimum absolute atomic E-state index is 0.0500. The van der Waals surface area contributed by atoms with Crippen molar-refractivity contribution in [1.82, 2.24) is 5.32 Å². The fourth-order valence-corrected chi connectivity index (χ4v) is 4.56. The summed E-state index contributed by atoms with van der Waals surface area (Å²) in [4.78, 5) is 12.7. The molecule has 1 heterocycles. The maximum absolute atomic E-state index is 12.7. The average molecular weight is 434 g/mol. The number of amides is 1. The van der Waals surface area contributed by atoms with Gasteiger partial charge in [0.2, 0.25) is 5.91 Å². The van der Waals surface area contributed by atoms with Crippen molar-refractivity contribution in [3.8, 4) is 22.6 Å². The summed E-state index contributed by atoms with van der Waals surface area (Å²) in [6, 6.07) is 12.1. The van der Waals surface area contributed by atoms with Gasteiger partial charge in [-0.1, -0.05) is 31.9 Å². The molecule has 5 heteroatoms. The Morgan fingerprint density at radius 3 is 2.53 bits per heavy atom. The number of hydrogen-bond donors (Lipinski definition) is 1. The predicted octanol–water partition coefficient (Wildman–Crippen LogP) is 6.22. The maximum atomic E-state index is 12.7. The molecule has 1 amide bonds. The first-order valence-corrected chi connectivity index (χ1v) is 11.2. The molecule has 0 bridgehead atoms. The molecule has 4 rings (SSSR count). The number of rotatable bonds is 6. The number of nitrogens with one attached hydrogen (secondary N) is 1. The molecule has 1 N–H and O–H groups in total. The monoisotopic (exact) mass is 433 g/mol. The fraction of sp³-hybridized carbons (Fsp3) is 0.370. The van der Waals surface area contributed by atoms with E-state index in [0.29, 0.717) is 11.7 Å². The summed E-state index contributed by atoms with van der Waals surface area (Å²) in [7, 11) is 3.29. The first-order valence-electron chi connectivity index (χ1n) is 11.2. The highest BCUT2D eigenvalue weighted by Crippen LogP contribution is 2.37. The molecule has 2 atom stereocenters. The molecule has 5 nitrogen and oxygen atoms in total. The van der Waals surface area contributed by atoms with E-state index in [0.717, 1.165) is 45.4 Å². The van der Waals surface area contributed by atoms with E-state index in [-0.39, 0.29) is 11.9 Å².